The molecule has 1 fully saturated rings. The molecule has 0 spiro atoms. The van der Waals surface area contributed by atoms with Gasteiger partial charge < -0.3 is 4.90 Å². The molecule has 1 heterocycles. The van der Waals surface area contributed by atoms with E-state index in [1.165, 1.54) is 31.5 Å². The molecule has 0 aromatic rings. The summed E-state index contributed by atoms with van der Waals surface area (Å²) in [6, 6.07) is 0. The van der Waals surface area contributed by atoms with E-state index in [1.54, 1.807) is 5.70 Å². The Morgan fingerprint density at radius 2 is 1.53 bits per heavy atom. The van der Waals surface area contributed by atoms with Crippen molar-refractivity contribution >= 4 is 6.21 Å². The van der Waals surface area contributed by atoms with Crippen molar-refractivity contribution in [3.63, 3.8) is 0 Å². The molecular formula is C15H29N2+. The fraction of sp³-hybridized carbons (Fsp3) is 0.800. The highest BCUT2D eigenvalue weighted by Gasteiger charge is 2.23. The SMILES string of the molecule is CC(C)/C(C=[N+](C)C)=C(\C(C)C)N1CCCC1. The molecule has 0 atom stereocenters. The van der Waals surface area contributed by atoms with Crippen molar-refractivity contribution in [1.29, 1.82) is 0 Å². The summed E-state index contributed by atoms with van der Waals surface area (Å²) in [4.78, 5) is 2.60. The Kier molecular flexibility index (Phi) is 5.23. The van der Waals surface area contributed by atoms with Gasteiger partial charge in [-0.1, -0.05) is 27.7 Å². The molecule has 2 heteroatoms. The number of hydrogen-bond acceptors (Lipinski definition) is 1. The summed E-state index contributed by atoms with van der Waals surface area (Å²) >= 11 is 0. The van der Waals surface area contributed by atoms with Crippen LogP contribution in [0.3, 0.4) is 0 Å². The van der Waals surface area contributed by atoms with Crippen molar-refractivity contribution in [3.05, 3.63) is 11.3 Å². The Labute approximate surface area is 107 Å². The topological polar surface area (TPSA) is 6.25 Å². The lowest BCUT2D eigenvalue weighted by molar-refractivity contribution is -0.459. The molecule has 0 aliphatic carbocycles. The lowest BCUT2D eigenvalue weighted by Gasteiger charge is -2.28. The van der Waals surface area contributed by atoms with E-state index in [2.05, 4.69) is 57.5 Å². The molecule has 1 aliphatic rings. The summed E-state index contributed by atoms with van der Waals surface area (Å²) in [6.07, 6.45) is 5.01. The van der Waals surface area contributed by atoms with Crippen LogP contribution < -0.4 is 0 Å². The molecule has 1 rings (SSSR count). The molecule has 1 saturated heterocycles. The highest BCUT2D eigenvalue weighted by atomic mass is 15.2. The third-order valence-corrected chi connectivity index (χ3v) is 3.31. The first-order valence-corrected chi connectivity index (χ1v) is 6.93. The first-order valence-electron chi connectivity index (χ1n) is 6.93. The van der Waals surface area contributed by atoms with Crippen LogP contribution >= 0.6 is 0 Å². The molecule has 0 unspecified atom stereocenters. The Hall–Kier alpha value is -0.790. The predicted octanol–water partition coefficient (Wildman–Crippen LogP) is 2.99. The molecule has 0 aromatic carbocycles. The van der Waals surface area contributed by atoms with Crippen LogP contribution in [0.2, 0.25) is 0 Å². The molecule has 17 heavy (non-hydrogen) atoms. The van der Waals surface area contributed by atoms with Crippen LogP contribution in [0, 0.1) is 11.8 Å². The molecule has 0 bridgehead atoms. The van der Waals surface area contributed by atoms with Gasteiger partial charge >= 0.3 is 0 Å². The zero-order chi connectivity index (χ0) is 13.0. The smallest absolute Gasteiger partial charge is 0.168 e. The lowest BCUT2D eigenvalue weighted by Crippen LogP contribution is -2.26. The van der Waals surface area contributed by atoms with Gasteiger partial charge in [0, 0.05) is 24.4 Å². The van der Waals surface area contributed by atoms with E-state index >= 15 is 0 Å². The molecule has 1 aliphatic heterocycles. The molecule has 0 aromatic heterocycles. The van der Waals surface area contributed by atoms with Crippen molar-refractivity contribution in [2.24, 2.45) is 11.8 Å². The van der Waals surface area contributed by atoms with Gasteiger partial charge in [-0.05, 0) is 24.7 Å². The Morgan fingerprint density at radius 1 is 1.00 bits per heavy atom. The van der Waals surface area contributed by atoms with Crippen LogP contribution in [0.25, 0.3) is 0 Å². The van der Waals surface area contributed by atoms with Gasteiger partial charge in [0.15, 0.2) is 6.21 Å². The van der Waals surface area contributed by atoms with E-state index in [1.807, 2.05) is 0 Å². The zero-order valence-corrected chi connectivity index (χ0v) is 12.5. The Balaban J connectivity index is 3.16. The second kappa shape index (κ2) is 6.23. The second-order valence-corrected chi connectivity index (χ2v) is 5.94. The quantitative estimate of drug-likeness (QED) is 0.538. The van der Waals surface area contributed by atoms with Crippen molar-refractivity contribution in [1.82, 2.24) is 4.90 Å². The number of allylic oxidation sites excluding steroid dienone is 2. The molecule has 2 nitrogen and oxygen atoms in total. The van der Waals surface area contributed by atoms with Crippen molar-refractivity contribution in [3.8, 4) is 0 Å². The molecule has 98 valence electrons. The minimum absolute atomic E-state index is 0.593. The molecule has 0 saturated carbocycles. The van der Waals surface area contributed by atoms with Gasteiger partial charge in [0.1, 0.15) is 14.1 Å². The summed E-state index contributed by atoms with van der Waals surface area (Å²) in [5.74, 6) is 1.21. The number of hydrogen-bond donors (Lipinski definition) is 0. The van der Waals surface area contributed by atoms with E-state index in [4.69, 9.17) is 0 Å². The van der Waals surface area contributed by atoms with Crippen LogP contribution in [0.4, 0.5) is 0 Å². The normalized spacial score (nSPS) is 17.8. The van der Waals surface area contributed by atoms with Crippen LogP contribution in [-0.4, -0.2) is 42.9 Å². The van der Waals surface area contributed by atoms with Gasteiger partial charge in [-0.25, -0.2) is 4.58 Å². The third kappa shape index (κ3) is 3.86. The summed E-state index contributed by atoms with van der Waals surface area (Å²) in [5, 5.41) is 0. The molecule has 0 radical (unpaired) electrons. The van der Waals surface area contributed by atoms with Gasteiger partial charge in [-0.15, -0.1) is 0 Å². The van der Waals surface area contributed by atoms with Crippen LogP contribution in [0.5, 0.6) is 0 Å². The average Bonchev–Trinajstić information content (AvgIpc) is 2.68. The maximum absolute atomic E-state index is 2.60. The average molecular weight is 237 g/mol. The summed E-state index contributed by atoms with van der Waals surface area (Å²) in [5.41, 5.74) is 3.07. The van der Waals surface area contributed by atoms with Gasteiger partial charge in [0.05, 0.1) is 0 Å². The fourth-order valence-corrected chi connectivity index (χ4v) is 2.63. The van der Waals surface area contributed by atoms with E-state index in [0.717, 1.165) is 0 Å². The van der Waals surface area contributed by atoms with Gasteiger partial charge in [-0.3, -0.25) is 0 Å². The third-order valence-electron chi connectivity index (χ3n) is 3.31. The lowest BCUT2D eigenvalue weighted by atomic mass is 9.95. The maximum Gasteiger partial charge on any atom is 0.168 e. The van der Waals surface area contributed by atoms with Gasteiger partial charge in [0.2, 0.25) is 0 Å². The monoisotopic (exact) mass is 237 g/mol. The zero-order valence-electron chi connectivity index (χ0n) is 12.5. The van der Waals surface area contributed by atoms with Crippen molar-refractivity contribution < 1.29 is 4.58 Å². The van der Waals surface area contributed by atoms with E-state index < -0.39 is 0 Å². The predicted molar refractivity (Wildman–Crippen MR) is 75.7 cm³/mol. The van der Waals surface area contributed by atoms with Gasteiger partial charge in [-0.2, -0.15) is 0 Å². The highest BCUT2D eigenvalue weighted by molar-refractivity contribution is 5.76. The van der Waals surface area contributed by atoms with Crippen LogP contribution in [0.1, 0.15) is 40.5 Å². The van der Waals surface area contributed by atoms with Crippen LogP contribution in [0.15, 0.2) is 11.3 Å². The second-order valence-electron chi connectivity index (χ2n) is 5.94. The summed E-state index contributed by atoms with van der Waals surface area (Å²) in [6.45, 7) is 11.7. The Bertz CT molecular complexity index is 301. The summed E-state index contributed by atoms with van der Waals surface area (Å²) < 4.78 is 2.17. The minimum atomic E-state index is 0.593. The number of nitrogens with zero attached hydrogens (tertiary/aromatic N) is 2. The first kappa shape index (κ1) is 14.3. The number of likely N-dealkylation sites (tertiary alicyclic amines) is 1. The summed E-state index contributed by atoms with van der Waals surface area (Å²) in [7, 11) is 4.23. The Morgan fingerprint density at radius 3 is 1.88 bits per heavy atom. The minimum Gasteiger partial charge on any atom is -0.374 e. The van der Waals surface area contributed by atoms with Crippen molar-refractivity contribution in [2.75, 3.05) is 27.2 Å². The molecule has 0 amide bonds. The fourth-order valence-electron chi connectivity index (χ4n) is 2.63. The molecule has 0 N–H and O–H groups in total. The maximum atomic E-state index is 2.60. The van der Waals surface area contributed by atoms with Crippen LogP contribution in [-0.2, 0) is 0 Å². The standard InChI is InChI=1S/C15H29N2/c1-12(2)14(11-16(5)6)15(13(3)4)17-9-7-8-10-17/h11-13H,7-10H2,1-6H3/q+1. The number of rotatable bonds is 4. The molecular weight excluding hydrogens is 208 g/mol. The largest absolute Gasteiger partial charge is 0.374 e. The van der Waals surface area contributed by atoms with E-state index in [-0.39, 0.29) is 0 Å². The van der Waals surface area contributed by atoms with E-state index in [9.17, 15) is 0 Å². The van der Waals surface area contributed by atoms with Crippen molar-refractivity contribution in [2.45, 2.75) is 40.5 Å². The van der Waals surface area contributed by atoms with E-state index in [0.29, 0.717) is 11.8 Å². The first-order chi connectivity index (χ1) is 7.93. The highest BCUT2D eigenvalue weighted by Crippen LogP contribution is 2.26. The van der Waals surface area contributed by atoms with Gasteiger partial charge in [0.25, 0.3) is 0 Å².